The van der Waals surface area contributed by atoms with Gasteiger partial charge in [-0.25, -0.2) is 0 Å². The lowest BCUT2D eigenvalue weighted by Crippen LogP contribution is -1.85. The molecular formula is C52H30N2O3. The van der Waals surface area contributed by atoms with Crippen LogP contribution in [-0.2, 0) is 0 Å². The lowest BCUT2D eigenvalue weighted by Gasteiger charge is -2.10. The molecule has 12 rings (SSSR count). The van der Waals surface area contributed by atoms with Gasteiger partial charge in [-0.15, -0.1) is 0 Å². The summed E-state index contributed by atoms with van der Waals surface area (Å²) in [6.45, 7) is 0. The number of pyridine rings is 2. The molecule has 7 aromatic carbocycles. The van der Waals surface area contributed by atoms with Gasteiger partial charge in [0.2, 0.25) is 0 Å². The quantitative estimate of drug-likeness (QED) is 0.176. The topological polar surface area (TPSA) is 65.2 Å². The molecule has 0 aliphatic rings. The Balaban J connectivity index is 0.875. The molecule has 0 saturated carbocycles. The van der Waals surface area contributed by atoms with Crippen molar-refractivity contribution >= 4 is 65.8 Å². The summed E-state index contributed by atoms with van der Waals surface area (Å²) in [5.74, 6) is 0. The number of rotatable bonds is 5. The van der Waals surface area contributed by atoms with Gasteiger partial charge in [0.1, 0.15) is 22.3 Å². The summed E-state index contributed by atoms with van der Waals surface area (Å²) in [6.07, 6.45) is 7.17. The average molecular weight is 731 g/mol. The highest BCUT2D eigenvalue weighted by Gasteiger charge is 2.14. The average Bonchev–Trinajstić information content (AvgIpc) is 3.96. The summed E-state index contributed by atoms with van der Waals surface area (Å²) < 4.78 is 18.4. The van der Waals surface area contributed by atoms with Crippen LogP contribution in [-0.4, -0.2) is 9.97 Å². The van der Waals surface area contributed by atoms with Crippen LogP contribution in [0.3, 0.4) is 0 Å². The highest BCUT2D eigenvalue weighted by Crippen LogP contribution is 2.39. The van der Waals surface area contributed by atoms with Gasteiger partial charge in [0.15, 0.2) is 11.2 Å². The van der Waals surface area contributed by atoms with E-state index in [4.69, 9.17) is 13.3 Å². The number of nitrogens with zero attached hydrogens (tertiary/aromatic N) is 2. The largest absolute Gasteiger partial charge is 0.456 e. The van der Waals surface area contributed by atoms with Crippen LogP contribution in [0.2, 0.25) is 0 Å². The van der Waals surface area contributed by atoms with E-state index in [-0.39, 0.29) is 0 Å². The first-order chi connectivity index (χ1) is 28.2. The smallest absolute Gasteiger partial charge is 0.153 e. The van der Waals surface area contributed by atoms with E-state index in [9.17, 15) is 0 Å². The van der Waals surface area contributed by atoms with Gasteiger partial charge in [0.05, 0.1) is 12.4 Å². The van der Waals surface area contributed by atoms with Gasteiger partial charge in [0.25, 0.3) is 0 Å². The van der Waals surface area contributed by atoms with E-state index < -0.39 is 0 Å². The second-order valence-electron chi connectivity index (χ2n) is 14.6. The molecule has 12 aromatic rings. The van der Waals surface area contributed by atoms with Crippen LogP contribution < -0.4 is 0 Å². The van der Waals surface area contributed by atoms with Crippen LogP contribution in [0.15, 0.2) is 196 Å². The molecule has 0 amide bonds. The van der Waals surface area contributed by atoms with Crippen LogP contribution in [0.5, 0.6) is 0 Å². The summed E-state index contributed by atoms with van der Waals surface area (Å²) in [7, 11) is 0. The molecule has 0 aliphatic heterocycles. The third kappa shape index (κ3) is 5.24. The van der Waals surface area contributed by atoms with Gasteiger partial charge in [0, 0.05) is 44.7 Å². The van der Waals surface area contributed by atoms with Gasteiger partial charge in [-0.05, 0) is 134 Å². The first-order valence-electron chi connectivity index (χ1n) is 19.0. The number of fused-ring (bicyclic) bond motifs is 9. The van der Waals surface area contributed by atoms with E-state index in [1.54, 1.807) is 12.4 Å². The fourth-order valence-corrected chi connectivity index (χ4v) is 8.39. The molecule has 5 heteroatoms. The summed E-state index contributed by atoms with van der Waals surface area (Å²) in [5, 5.41) is 6.50. The molecule has 5 nitrogen and oxygen atoms in total. The Kier molecular flexibility index (Phi) is 6.86. The second-order valence-corrected chi connectivity index (χ2v) is 14.6. The van der Waals surface area contributed by atoms with Gasteiger partial charge in [-0.2, -0.15) is 0 Å². The van der Waals surface area contributed by atoms with Crippen LogP contribution in [0, 0.1) is 0 Å². The molecule has 0 bridgehead atoms. The van der Waals surface area contributed by atoms with Gasteiger partial charge in [-0.3, -0.25) is 9.97 Å². The van der Waals surface area contributed by atoms with Crippen LogP contribution in [0.1, 0.15) is 0 Å². The van der Waals surface area contributed by atoms with Crippen molar-refractivity contribution in [3.05, 3.63) is 183 Å². The van der Waals surface area contributed by atoms with Crippen molar-refractivity contribution in [3.8, 4) is 55.6 Å². The maximum absolute atomic E-state index is 6.34. The Bertz CT molecular complexity index is 3550. The number of hydrogen-bond donors (Lipinski definition) is 0. The van der Waals surface area contributed by atoms with E-state index >= 15 is 0 Å². The van der Waals surface area contributed by atoms with Crippen molar-refractivity contribution in [2.24, 2.45) is 0 Å². The Morgan fingerprint density at radius 1 is 0.246 bits per heavy atom. The Morgan fingerprint density at radius 2 is 0.526 bits per heavy atom. The Labute approximate surface area is 326 Å². The monoisotopic (exact) mass is 730 g/mol. The van der Waals surface area contributed by atoms with Crippen molar-refractivity contribution in [2.45, 2.75) is 0 Å². The minimum absolute atomic E-state index is 0.795. The first-order valence-corrected chi connectivity index (χ1v) is 19.0. The summed E-state index contributed by atoms with van der Waals surface area (Å²) in [5.41, 5.74) is 16.6. The Hall–Kier alpha value is -7.76. The lowest BCUT2D eigenvalue weighted by atomic mass is 9.94. The van der Waals surface area contributed by atoms with E-state index in [1.165, 1.54) is 11.1 Å². The van der Waals surface area contributed by atoms with Crippen molar-refractivity contribution in [3.63, 3.8) is 0 Å². The molecule has 266 valence electrons. The Morgan fingerprint density at radius 3 is 0.860 bits per heavy atom. The van der Waals surface area contributed by atoms with Gasteiger partial charge in [-0.1, -0.05) is 78.9 Å². The van der Waals surface area contributed by atoms with Crippen molar-refractivity contribution in [1.29, 1.82) is 0 Å². The molecule has 57 heavy (non-hydrogen) atoms. The van der Waals surface area contributed by atoms with Crippen LogP contribution >= 0.6 is 0 Å². The zero-order chi connectivity index (χ0) is 37.5. The second kappa shape index (κ2) is 12.4. The molecule has 0 aliphatic carbocycles. The first kappa shape index (κ1) is 31.6. The minimum Gasteiger partial charge on any atom is -0.456 e. The molecule has 0 saturated heterocycles. The van der Waals surface area contributed by atoms with Crippen molar-refractivity contribution in [2.75, 3.05) is 0 Å². The maximum Gasteiger partial charge on any atom is 0.153 e. The molecule has 0 radical (unpaired) electrons. The fraction of sp³-hybridized carbons (Fsp3) is 0. The molecule has 0 N–H and O–H groups in total. The molecule has 0 fully saturated rings. The van der Waals surface area contributed by atoms with Crippen molar-refractivity contribution in [1.82, 2.24) is 9.97 Å². The highest BCUT2D eigenvalue weighted by atomic mass is 16.3. The van der Waals surface area contributed by atoms with E-state index in [1.807, 2.05) is 30.6 Å². The maximum atomic E-state index is 6.34. The van der Waals surface area contributed by atoms with Crippen molar-refractivity contribution < 1.29 is 13.3 Å². The van der Waals surface area contributed by atoms with Gasteiger partial charge >= 0.3 is 0 Å². The molecule has 0 spiro atoms. The van der Waals surface area contributed by atoms with E-state index in [0.717, 1.165) is 110 Å². The summed E-state index contributed by atoms with van der Waals surface area (Å²) in [4.78, 5) is 8.45. The standard InChI is InChI=1S/C52H30N2O3/c1-4-31(33-6-2-8-35(23-33)37-10-14-47-43(25-37)41-18-20-53-29-51(41)56-47)22-32(5-1)34-7-3-9-36(24-34)38-11-16-49-45(27-38)46-28-40(13-17-50(46)55-49)39-12-15-48-44(26-39)42-19-21-54-30-52(42)57-48/h1-30H. The van der Waals surface area contributed by atoms with Crippen LogP contribution in [0.25, 0.3) is 121 Å². The lowest BCUT2D eigenvalue weighted by molar-refractivity contribution is 0.666. The van der Waals surface area contributed by atoms with E-state index in [0.29, 0.717) is 0 Å². The number of hydrogen-bond acceptors (Lipinski definition) is 5. The molecule has 0 unspecified atom stereocenters. The summed E-state index contributed by atoms with van der Waals surface area (Å²) in [6, 6.07) is 56.1. The predicted molar refractivity (Wildman–Crippen MR) is 231 cm³/mol. The number of furan rings is 3. The molecular weight excluding hydrogens is 701 g/mol. The highest BCUT2D eigenvalue weighted by molar-refractivity contribution is 6.09. The SMILES string of the molecule is c1cc(-c2cccc(-c3ccc4oc5cnccc5c4c3)c2)cc(-c2cccc(-c3ccc4oc5ccc(-c6ccc7oc8cnccc8c7c6)cc5c4c3)c2)c1. The van der Waals surface area contributed by atoms with Gasteiger partial charge < -0.3 is 13.3 Å². The van der Waals surface area contributed by atoms with Crippen LogP contribution in [0.4, 0.5) is 0 Å². The zero-order valence-corrected chi connectivity index (χ0v) is 30.4. The third-order valence-corrected chi connectivity index (χ3v) is 11.3. The predicted octanol–water partition coefficient (Wildman–Crippen LogP) is 14.5. The molecule has 0 atom stereocenters. The fourth-order valence-electron chi connectivity index (χ4n) is 8.39. The third-order valence-electron chi connectivity index (χ3n) is 11.3. The zero-order valence-electron chi connectivity index (χ0n) is 30.4. The van der Waals surface area contributed by atoms with E-state index in [2.05, 4.69) is 149 Å². The molecule has 5 heterocycles. The summed E-state index contributed by atoms with van der Waals surface area (Å²) >= 11 is 0. The normalized spacial score (nSPS) is 11.9. The molecule has 5 aromatic heterocycles. The minimum atomic E-state index is 0.795. The number of aromatic nitrogens is 2. The number of benzene rings is 7.